The van der Waals surface area contributed by atoms with Gasteiger partial charge in [-0.1, -0.05) is 59.8 Å². The molecule has 2 aromatic carbocycles. The van der Waals surface area contributed by atoms with Gasteiger partial charge < -0.3 is 5.73 Å². The van der Waals surface area contributed by atoms with Crippen LogP contribution in [0.5, 0.6) is 0 Å². The lowest BCUT2D eigenvalue weighted by Gasteiger charge is -2.13. The van der Waals surface area contributed by atoms with E-state index >= 15 is 0 Å². The first-order valence-corrected chi connectivity index (χ1v) is 9.18. The minimum atomic E-state index is -0.877. The Morgan fingerprint density at radius 1 is 1.07 bits per heavy atom. The molecule has 1 heterocycles. The van der Waals surface area contributed by atoms with E-state index in [2.05, 4.69) is 15.5 Å². The molecule has 0 aliphatic heterocycles. The zero-order valence-electron chi connectivity index (χ0n) is 14.9. The maximum absolute atomic E-state index is 12.0. The third kappa shape index (κ3) is 4.35. The lowest BCUT2D eigenvalue weighted by Crippen LogP contribution is -2.39. The fourth-order valence-corrected chi connectivity index (χ4v) is 3.35. The van der Waals surface area contributed by atoms with Gasteiger partial charge in [-0.05, 0) is 26.0 Å². The van der Waals surface area contributed by atoms with Crippen LogP contribution >= 0.6 is 11.8 Å². The zero-order valence-corrected chi connectivity index (χ0v) is 15.7. The summed E-state index contributed by atoms with van der Waals surface area (Å²) >= 11 is 1.20. The van der Waals surface area contributed by atoms with Gasteiger partial charge in [0.2, 0.25) is 5.91 Å². The number of urea groups is 1. The normalized spacial score (nSPS) is 11.8. The third-order valence-corrected chi connectivity index (χ3v) is 4.90. The minimum Gasteiger partial charge on any atom is -0.351 e. The van der Waals surface area contributed by atoms with Crippen molar-refractivity contribution in [3.8, 4) is 17.1 Å². The Morgan fingerprint density at radius 2 is 1.74 bits per heavy atom. The summed E-state index contributed by atoms with van der Waals surface area (Å²) < 4.78 is 1.90. The molecule has 138 valence electrons. The fourth-order valence-electron chi connectivity index (χ4n) is 2.48. The number of aromatic nitrogens is 3. The largest absolute Gasteiger partial charge is 0.351 e. The lowest BCUT2D eigenvalue weighted by atomic mass is 10.2. The molecule has 3 amide bonds. The summed E-state index contributed by atoms with van der Waals surface area (Å²) in [6, 6.07) is 16.8. The second-order valence-corrected chi connectivity index (χ2v) is 7.26. The van der Waals surface area contributed by atoms with Crippen LogP contribution in [0.25, 0.3) is 17.1 Å². The van der Waals surface area contributed by atoms with Crippen molar-refractivity contribution in [1.29, 1.82) is 0 Å². The first-order valence-electron chi connectivity index (χ1n) is 8.30. The first kappa shape index (κ1) is 18.7. The predicted octanol–water partition coefficient (Wildman–Crippen LogP) is 2.92. The quantitative estimate of drug-likeness (QED) is 0.662. The number of carbonyl (C=O) groups is 2. The van der Waals surface area contributed by atoms with Gasteiger partial charge in [-0.2, -0.15) is 0 Å². The molecule has 0 radical (unpaired) electrons. The van der Waals surface area contributed by atoms with Crippen LogP contribution in [0.3, 0.4) is 0 Å². The summed E-state index contributed by atoms with van der Waals surface area (Å²) in [7, 11) is 0. The van der Waals surface area contributed by atoms with Crippen LogP contribution in [0.4, 0.5) is 4.79 Å². The number of primary amides is 1. The number of amides is 3. The second kappa shape index (κ2) is 8.05. The standard InChI is InChI=1S/C19H19N5O2S/c1-12-8-10-15(11-9-12)24-16(14-6-4-3-5-7-14)22-23-19(24)27-13(2)17(25)21-18(20)26/h3-11,13H,1-2H3,(H3,20,21,25,26). The Hall–Kier alpha value is -3.13. The Morgan fingerprint density at radius 3 is 2.37 bits per heavy atom. The van der Waals surface area contributed by atoms with Crippen molar-refractivity contribution in [3.63, 3.8) is 0 Å². The molecule has 0 aliphatic rings. The van der Waals surface area contributed by atoms with Gasteiger partial charge in [-0.25, -0.2) is 4.79 Å². The van der Waals surface area contributed by atoms with Crippen LogP contribution in [0.15, 0.2) is 59.8 Å². The SMILES string of the molecule is Cc1ccc(-n2c(SC(C)C(=O)NC(N)=O)nnc2-c2ccccc2)cc1. The summed E-state index contributed by atoms with van der Waals surface area (Å²) in [5.74, 6) is 0.191. The maximum Gasteiger partial charge on any atom is 0.318 e. The van der Waals surface area contributed by atoms with E-state index in [1.54, 1.807) is 6.92 Å². The molecule has 7 nitrogen and oxygen atoms in total. The van der Waals surface area contributed by atoms with Crippen LogP contribution in [0.2, 0.25) is 0 Å². The van der Waals surface area contributed by atoms with E-state index in [0.29, 0.717) is 11.0 Å². The smallest absolute Gasteiger partial charge is 0.318 e. The lowest BCUT2D eigenvalue weighted by molar-refractivity contribution is -0.119. The van der Waals surface area contributed by atoms with Gasteiger partial charge in [0.05, 0.1) is 5.25 Å². The first-order chi connectivity index (χ1) is 13.0. The maximum atomic E-state index is 12.0. The molecule has 0 saturated carbocycles. The molecule has 1 aromatic heterocycles. The Balaban J connectivity index is 2.01. The van der Waals surface area contributed by atoms with Gasteiger partial charge in [-0.3, -0.25) is 14.7 Å². The predicted molar refractivity (Wildman–Crippen MR) is 105 cm³/mol. The van der Waals surface area contributed by atoms with Gasteiger partial charge in [-0.15, -0.1) is 10.2 Å². The van der Waals surface area contributed by atoms with Crippen molar-refractivity contribution in [3.05, 3.63) is 60.2 Å². The minimum absolute atomic E-state index is 0.479. The number of imide groups is 1. The van der Waals surface area contributed by atoms with E-state index < -0.39 is 17.2 Å². The molecule has 8 heteroatoms. The number of hydrogen-bond acceptors (Lipinski definition) is 5. The number of rotatable bonds is 5. The van der Waals surface area contributed by atoms with E-state index in [-0.39, 0.29) is 0 Å². The molecular formula is C19H19N5O2S. The second-order valence-electron chi connectivity index (χ2n) is 5.96. The van der Waals surface area contributed by atoms with Crippen molar-refractivity contribution in [2.75, 3.05) is 0 Å². The molecule has 0 spiro atoms. The van der Waals surface area contributed by atoms with Crippen LogP contribution in [0.1, 0.15) is 12.5 Å². The zero-order chi connectivity index (χ0) is 19.4. The third-order valence-electron chi connectivity index (χ3n) is 3.86. The van der Waals surface area contributed by atoms with Gasteiger partial charge in [0.1, 0.15) is 0 Å². The Labute approximate surface area is 161 Å². The number of nitrogens with one attached hydrogen (secondary N) is 1. The molecule has 1 atom stereocenters. The van der Waals surface area contributed by atoms with Crippen LogP contribution < -0.4 is 11.1 Å². The van der Waals surface area contributed by atoms with E-state index in [0.717, 1.165) is 16.8 Å². The highest BCUT2D eigenvalue weighted by Crippen LogP contribution is 2.30. The highest BCUT2D eigenvalue weighted by atomic mass is 32.2. The molecule has 0 fully saturated rings. The topological polar surface area (TPSA) is 103 Å². The molecular weight excluding hydrogens is 362 g/mol. The van der Waals surface area contributed by atoms with Gasteiger partial charge in [0, 0.05) is 11.3 Å². The fraction of sp³-hybridized carbons (Fsp3) is 0.158. The summed E-state index contributed by atoms with van der Waals surface area (Å²) in [5, 5.41) is 10.7. The van der Waals surface area contributed by atoms with Crippen molar-refractivity contribution in [2.45, 2.75) is 24.3 Å². The molecule has 0 aliphatic carbocycles. The molecule has 3 rings (SSSR count). The van der Waals surface area contributed by atoms with E-state index in [1.807, 2.05) is 66.1 Å². The number of benzene rings is 2. The average molecular weight is 381 g/mol. The molecule has 27 heavy (non-hydrogen) atoms. The van der Waals surface area contributed by atoms with Crippen molar-refractivity contribution in [2.24, 2.45) is 5.73 Å². The van der Waals surface area contributed by atoms with Gasteiger partial charge in [0.25, 0.3) is 0 Å². The summed E-state index contributed by atoms with van der Waals surface area (Å²) in [4.78, 5) is 23.0. The summed E-state index contributed by atoms with van der Waals surface area (Å²) in [6.07, 6.45) is 0. The van der Waals surface area contributed by atoms with Crippen LogP contribution in [-0.4, -0.2) is 32.0 Å². The number of nitrogens with zero attached hydrogens (tertiary/aromatic N) is 3. The molecule has 3 N–H and O–H groups in total. The van der Waals surface area contributed by atoms with Crippen LogP contribution in [0, 0.1) is 6.92 Å². The summed E-state index contributed by atoms with van der Waals surface area (Å²) in [5.41, 5.74) is 7.95. The average Bonchev–Trinajstić information content (AvgIpc) is 3.06. The highest BCUT2D eigenvalue weighted by molar-refractivity contribution is 8.00. The number of thioether (sulfide) groups is 1. The van der Waals surface area contributed by atoms with Crippen molar-refractivity contribution >= 4 is 23.7 Å². The Kier molecular flexibility index (Phi) is 5.56. The van der Waals surface area contributed by atoms with Crippen molar-refractivity contribution < 1.29 is 9.59 Å². The molecule has 1 unspecified atom stereocenters. The highest BCUT2D eigenvalue weighted by Gasteiger charge is 2.22. The molecule has 3 aromatic rings. The Bertz CT molecular complexity index is 954. The number of nitrogens with two attached hydrogens (primary N) is 1. The van der Waals surface area contributed by atoms with Crippen molar-refractivity contribution in [1.82, 2.24) is 20.1 Å². The number of hydrogen-bond donors (Lipinski definition) is 2. The number of carbonyl (C=O) groups excluding carboxylic acids is 2. The monoisotopic (exact) mass is 381 g/mol. The van der Waals surface area contributed by atoms with Crippen LogP contribution in [-0.2, 0) is 4.79 Å². The van der Waals surface area contributed by atoms with Gasteiger partial charge in [0.15, 0.2) is 11.0 Å². The van der Waals surface area contributed by atoms with E-state index in [1.165, 1.54) is 11.8 Å². The van der Waals surface area contributed by atoms with E-state index in [4.69, 9.17) is 5.73 Å². The molecule has 0 bridgehead atoms. The summed E-state index contributed by atoms with van der Waals surface area (Å²) in [6.45, 7) is 3.69. The molecule has 0 saturated heterocycles. The number of aryl methyl sites for hydroxylation is 1. The van der Waals surface area contributed by atoms with Gasteiger partial charge >= 0.3 is 6.03 Å². The van der Waals surface area contributed by atoms with E-state index in [9.17, 15) is 9.59 Å².